The number of nitrogens with zero attached hydrogens (tertiary/aromatic N) is 3. The second-order valence-electron chi connectivity index (χ2n) is 4.77. The maximum atomic E-state index is 13.0. The van der Waals surface area contributed by atoms with Gasteiger partial charge in [0.15, 0.2) is 0 Å². The summed E-state index contributed by atoms with van der Waals surface area (Å²) in [6, 6.07) is 4.19. The monoisotopic (exact) mass is 282 g/mol. The van der Waals surface area contributed by atoms with E-state index in [0.29, 0.717) is 23.2 Å². The predicted octanol–water partition coefficient (Wildman–Crippen LogP) is 2.81. The molecule has 2 aromatic rings. The Balaban J connectivity index is 2.08. The average Bonchev–Trinajstić information content (AvgIpc) is 2.77. The second kappa shape index (κ2) is 6.12. The minimum atomic E-state index is -0.368. The molecule has 6 heteroatoms. The molecule has 1 aromatic heterocycles. The molecular weight excluding hydrogens is 267 g/mol. The molecule has 19 heavy (non-hydrogen) atoms. The molecule has 1 aromatic carbocycles. The van der Waals surface area contributed by atoms with Gasteiger partial charge in [-0.3, -0.25) is 0 Å². The van der Waals surface area contributed by atoms with Crippen LogP contribution in [0.15, 0.2) is 24.4 Å². The molecule has 2 rings (SSSR count). The van der Waals surface area contributed by atoms with Gasteiger partial charge in [-0.05, 0) is 30.7 Å². The lowest BCUT2D eigenvalue weighted by Gasteiger charge is -2.04. The molecule has 0 saturated heterocycles. The summed E-state index contributed by atoms with van der Waals surface area (Å²) in [6.07, 6.45) is 1.78. The molecule has 0 aliphatic heterocycles. The number of benzene rings is 1. The Hall–Kier alpha value is -1.46. The summed E-state index contributed by atoms with van der Waals surface area (Å²) in [6.45, 7) is 5.85. The van der Waals surface area contributed by atoms with Gasteiger partial charge in [0, 0.05) is 6.54 Å². The fourth-order valence-electron chi connectivity index (χ4n) is 1.65. The first-order valence-corrected chi connectivity index (χ1v) is 6.51. The van der Waals surface area contributed by atoms with Crippen LogP contribution in [0.3, 0.4) is 0 Å². The van der Waals surface area contributed by atoms with Crippen LogP contribution >= 0.6 is 11.6 Å². The van der Waals surface area contributed by atoms with Crippen LogP contribution < -0.4 is 5.32 Å². The Labute approximate surface area is 116 Å². The highest BCUT2D eigenvalue weighted by molar-refractivity contribution is 6.32. The molecule has 0 saturated carbocycles. The zero-order valence-corrected chi connectivity index (χ0v) is 11.7. The molecule has 0 spiro atoms. The van der Waals surface area contributed by atoms with Crippen molar-refractivity contribution in [1.29, 1.82) is 0 Å². The molecule has 0 atom stereocenters. The highest BCUT2D eigenvalue weighted by atomic mass is 35.5. The van der Waals surface area contributed by atoms with Crippen LogP contribution in [0.5, 0.6) is 0 Å². The summed E-state index contributed by atoms with van der Waals surface area (Å²) in [5.74, 6) is 0.217. The standard InChI is InChI=1S/C13H16ClFN4/c1-9(2)6-16-7-11-8-19(18-17-11)13-4-3-10(15)5-12(13)14/h3-5,8-9,16H,6-7H2,1-2H3. The molecule has 0 aliphatic carbocycles. The van der Waals surface area contributed by atoms with Gasteiger partial charge in [0.25, 0.3) is 0 Å². The summed E-state index contributed by atoms with van der Waals surface area (Å²) in [4.78, 5) is 0. The molecule has 0 aliphatic rings. The Morgan fingerprint density at radius 2 is 2.21 bits per heavy atom. The van der Waals surface area contributed by atoms with Crippen LogP contribution in [0, 0.1) is 11.7 Å². The first-order chi connectivity index (χ1) is 9.06. The van der Waals surface area contributed by atoms with Crippen LogP contribution in [0.1, 0.15) is 19.5 Å². The molecule has 4 nitrogen and oxygen atoms in total. The number of halogens is 2. The fraction of sp³-hybridized carbons (Fsp3) is 0.385. The van der Waals surface area contributed by atoms with Crippen molar-refractivity contribution in [1.82, 2.24) is 20.3 Å². The van der Waals surface area contributed by atoms with E-state index in [4.69, 9.17) is 11.6 Å². The quantitative estimate of drug-likeness (QED) is 0.917. The van der Waals surface area contributed by atoms with Crippen molar-refractivity contribution in [3.8, 4) is 5.69 Å². The molecule has 0 amide bonds. The SMILES string of the molecule is CC(C)CNCc1cn(-c2ccc(F)cc2Cl)nn1. The summed E-state index contributed by atoms with van der Waals surface area (Å²) in [5, 5.41) is 11.6. The van der Waals surface area contributed by atoms with E-state index in [1.165, 1.54) is 12.1 Å². The zero-order valence-electron chi connectivity index (χ0n) is 10.9. The van der Waals surface area contributed by atoms with E-state index in [9.17, 15) is 4.39 Å². The Morgan fingerprint density at radius 3 is 2.89 bits per heavy atom. The van der Waals surface area contributed by atoms with Crippen LogP contribution in [0.4, 0.5) is 4.39 Å². The summed E-state index contributed by atoms with van der Waals surface area (Å²) in [5.41, 5.74) is 1.44. The third kappa shape index (κ3) is 3.75. The topological polar surface area (TPSA) is 42.7 Å². The third-order valence-electron chi connectivity index (χ3n) is 2.56. The van der Waals surface area contributed by atoms with Crippen LogP contribution in [-0.2, 0) is 6.54 Å². The van der Waals surface area contributed by atoms with Crippen molar-refractivity contribution in [3.05, 3.63) is 40.9 Å². The largest absolute Gasteiger partial charge is 0.311 e. The average molecular weight is 283 g/mol. The minimum Gasteiger partial charge on any atom is -0.311 e. The Kier molecular flexibility index (Phi) is 4.50. The van der Waals surface area contributed by atoms with E-state index in [2.05, 4.69) is 29.5 Å². The van der Waals surface area contributed by atoms with E-state index < -0.39 is 0 Å². The molecule has 1 N–H and O–H groups in total. The lowest BCUT2D eigenvalue weighted by Crippen LogP contribution is -2.19. The molecular formula is C13H16ClFN4. The van der Waals surface area contributed by atoms with Gasteiger partial charge in [-0.15, -0.1) is 5.10 Å². The van der Waals surface area contributed by atoms with Gasteiger partial charge >= 0.3 is 0 Å². The van der Waals surface area contributed by atoms with Gasteiger partial charge in [0.1, 0.15) is 5.82 Å². The summed E-state index contributed by atoms with van der Waals surface area (Å²) in [7, 11) is 0. The van der Waals surface area contributed by atoms with E-state index in [-0.39, 0.29) is 5.82 Å². The Morgan fingerprint density at radius 1 is 1.42 bits per heavy atom. The molecule has 1 heterocycles. The number of aromatic nitrogens is 3. The van der Waals surface area contributed by atoms with Crippen LogP contribution in [-0.4, -0.2) is 21.5 Å². The van der Waals surface area contributed by atoms with E-state index in [1.54, 1.807) is 16.9 Å². The molecule has 0 unspecified atom stereocenters. The lowest BCUT2D eigenvalue weighted by atomic mass is 10.2. The highest BCUT2D eigenvalue weighted by Crippen LogP contribution is 2.20. The second-order valence-corrected chi connectivity index (χ2v) is 5.18. The fourth-order valence-corrected chi connectivity index (χ4v) is 1.91. The van der Waals surface area contributed by atoms with Crippen molar-refractivity contribution < 1.29 is 4.39 Å². The normalized spacial score (nSPS) is 11.2. The van der Waals surface area contributed by atoms with Gasteiger partial charge in [-0.2, -0.15) is 0 Å². The van der Waals surface area contributed by atoms with E-state index in [0.717, 1.165) is 12.2 Å². The van der Waals surface area contributed by atoms with Gasteiger partial charge in [0.05, 0.1) is 22.6 Å². The highest BCUT2D eigenvalue weighted by Gasteiger charge is 2.07. The molecule has 0 fully saturated rings. The van der Waals surface area contributed by atoms with Crippen molar-refractivity contribution in [2.45, 2.75) is 20.4 Å². The number of hydrogen-bond acceptors (Lipinski definition) is 3. The van der Waals surface area contributed by atoms with Gasteiger partial charge in [-0.1, -0.05) is 30.7 Å². The van der Waals surface area contributed by atoms with E-state index in [1.807, 2.05) is 0 Å². The van der Waals surface area contributed by atoms with Crippen molar-refractivity contribution >= 4 is 11.6 Å². The van der Waals surface area contributed by atoms with Gasteiger partial charge < -0.3 is 5.32 Å². The number of rotatable bonds is 5. The van der Waals surface area contributed by atoms with Crippen molar-refractivity contribution in [2.75, 3.05) is 6.54 Å². The Bertz CT molecular complexity index is 553. The first-order valence-electron chi connectivity index (χ1n) is 6.13. The maximum absolute atomic E-state index is 13.0. The smallest absolute Gasteiger partial charge is 0.124 e. The first kappa shape index (κ1) is 14.0. The molecule has 0 bridgehead atoms. The zero-order chi connectivity index (χ0) is 13.8. The minimum absolute atomic E-state index is 0.312. The van der Waals surface area contributed by atoms with E-state index >= 15 is 0 Å². The summed E-state index contributed by atoms with van der Waals surface area (Å²) < 4.78 is 14.5. The number of hydrogen-bond donors (Lipinski definition) is 1. The third-order valence-corrected chi connectivity index (χ3v) is 2.86. The van der Waals surface area contributed by atoms with Crippen molar-refractivity contribution in [2.24, 2.45) is 5.92 Å². The summed E-state index contributed by atoms with van der Waals surface area (Å²) >= 11 is 5.97. The molecule has 102 valence electrons. The predicted molar refractivity (Wildman–Crippen MR) is 72.9 cm³/mol. The van der Waals surface area contributed by atoms with Gasteiger partial charge in [0.2, 0.25) is 0 Å². The number of nitrogens with one attached hydrogen (secondary N) is 1. The maximum Gasteiger partial charge on any atom is 0.124 e. The van der Waals surface area contributed by atoms with Crippen LogP contribution in [0.2, 0.25) is 5.02 Å². The van der Waals surface area contributed by atoms with Gasteiger partial charge in [-0.25, -0.2) is 9.07 Å². The van der Waals surface area contributed by atoms with Crippen LogP contribution in [0.25, 0.3) is 5.69 Å². The van der Waals surface area contributed by atoms with Crippen molar-refractivity contribution in [3.63, 3.8) is 0 Å². The lowest BCUT2D eigenvalue weighted by molar-refractivity contribution is 0.548. The molecule has 0 radical (unpaired) electrons.